The van der Waals surface area contributed by atoms with Crippen molar-refractivity contribution in [3.05, 3.63) is 23.4 Å². The first kappa shape index (κ1) is 15.0. The number of pyridine rings is 1. The molecule has 0 bridgehead atoms. The van der Waals surface area contributed by atoms with Crippen LogP contribution in [0.3, 0.4) is 0 Å². The second kappa shape index (κ2) is 6.34. The Labute approximate surface area is 122 Å². The third kappa shape index (κ3) is 3.56. The van der Waals surface area contributed by atoms with Gasteiger partial charge in [-0.25, -0.2) is 4.98 Å². The molecule has 0 radical (unpaired) electrons. The van der Waals surface area contributed by atoms with E-state index in [-0.39, 0.29) is 19.0 Å². The van der Waals surface area contributed by atoms with Crippen LogP contribution in [0, 0.1) is 0 Å². The molecule has 2 rings (SSSR count). The average molecular weight is 290 g/mol. The van der Waals surface area contributed by atoms with E-state index in [1.54, 1.807) is 12.1 Å². The SMILES string of the molecule is CCNc1cc(C(=O)N2CC(=O)NC(=O)C2)cc(CC)n1. The van der Waals surface area contributed by atoms with Crippen molar-refractivity contribution >= 4 is 23.5 Å². The van der Waals surface area contributed by atoms with Gasteiger partial charge < -0.3 is 10.2 Å². The van der Waals surface area contributed by atoms with Crippen LogP contribution in [0.25, 0.3) is 0 Å². The van der Waals surface area contributed by atoms with Crippen molar-refractivity contribution in [2.45, 2.75) is 20.3 Å². The Morgan fingerprint density at radius 2 is 1.95 bits per heavy atom. The molecular weight excluding hydrogens is 272 g/mol. The monoisotopic (exact) mass is 290 g/mol. The lowest BCUT2D eigenvalue weighted by Crippen LogP contribution is -2.53. The smallest absolute Gasteiger partial charge is 0.254 e. The zero-order valence-corrected chi connectivity index (χ0v) is 12.1. The summed E-state index contributed by atoms with van der Waals surface area (Å²) in [6, 6.07) is 3.34. The number of aromatic nitrogens is 1. The van der Waals surface area contributed by atoms with Crippen molar-refractivity contribution in [1.29, 1.82) is 0 Å². The van der Waals surface area contributed by atoms with Gasteiger partial charge in [0, 0.05) is 17.8 Å². The van der Waals surface area contributed by atoms with E-state index in [4.69, 9.17) is 0 Å². The highest BCUT2D eigenvalue weighted by atomic mass is 16.2. The van der Waals surface area contributed by atoms with Crippen LogP contribution in [0.4, 0.5) is 5.82 Å². The lowest BCUT2D eigenvalue weighted by atomic mass is 10.1. The number of nitrogens with zero attached hydrogens (tertiary/aromatic N) is 2. The molecule has 0 saturated carbocycles. The lowest BCUT2D eigenvalue weighted by molar-refractivity contribution is -0.135. The van der Waals surface area contributed by atoms with Crippen molar-refractivity contribution in [3.63, 3.8) is 0 Å². The van der Waals surface area contributed by atoms with Crippen molar-refractivity contribution in [1.82, 2.24) is 15.2 Å². The molecule has 7 nitrogen and oxygen atoms in total. The molecule has 112 valence electrons. The molecule has 0 atom stereocenters. The van der Waals surface area contributed by atoms with Crippen LogP contribution in [0.2, 0.25) is 0 Å². The van der Waals surface area contributed by atoms with E-state index in [0.29, 0.717) is 24.3 Å². The van der Waals surface area contributed by atoms with Gasteiger partial charge >= 0.3 is 0 Å². The number of piperazine rings is 1. The number of carbonyl (C=O) groups is 3. The van der Waals surface area contributed by atoms with Gasteiger partial charge in [0.1, 0.15) is 18.9 Å². The van der Waals surface area contributed by atoms with E-state index in [2.05, 4.69) is 15.6 Å². The van der Waals surface area contributed by atoms with Gasteiger partial charge in [0.15, 0.2) is 0 Å². The average Bonchev–Trinajstić information content (AvgIpc) is 2.45. The van der Waals surface area contributed by atoms with E-state index in [1.807, 2.05) is 13.8 Å². The fourth-order valence-electron chi connectivity index (χ4n) is 2.13. The van der Waals surface area contributed by atoms with Crippen molar-refractivity contribution in [3.8, 4) is 0 Å². The van der Waals surface area contributed by atoms with Crippen LogP contribution >= 0.6 is 0 Å². The van der Waals surface area contributed by atoms with Crippen molar-refractivity contribution in [2.75, 3.05) is 25.0 Å². The minimum Gasteiger partial charge on any atom is -0.370 e. The molecule has 1 aromatic heterocycles. The summed E-state index contributed by atoms with van der Waals surface area (Å²) in [7, 11) is 0. The lowest BCUT2D eigenvalue weighted by Gasteiger charge is -2.25. The molecule has 1 aliphatic rings. The maximum absolute atomic E-state index is 12.5. The van der Waals surface area contributed by atoms with Gasteiger partial charge in [-0.2, -0.15) is 0 Å². The maximum atomic E-state index is 12.5. The van der Waals surface area contributed by atoms with Gasteiger partial charge in [0.05, 0.1) is 0 Å². The molecule has 0 aliphatic carbocycles. The van der Waals surface area contributed by atoms with E-state index >= 15 is 0 Å². The Hall–Kier alpha value is -2.44. The summed E-state index contributed by atoms with van der Waals surface area (Å²) in [4.78, 5) is 40.8. The van der Waals surface area contributed by atoms with Gasteiger partial charge in [-0.1, -0.05) is 6.92 Å². The minimum absolute atomic E-state index is 0.106. The number of carbonyl (C=O) groups excluding carboxylic acids is 3. The van der Waals surface area contributed by atoms with Gasteiger partial charge in [-0.05, 0) is 25.5 Å². The molecule has 1 fully saturated rings. The highest BCUT2D eigenvalue weighted by molar-refractivity contribution is 6.05. The zero-order chi connectivity index (χ0) is 15.4. The largest absolute Gasteiger partial charge is 0.370 e. The molecule has 3 amide bonds. The summed E-state index contributed by atoms with van der Waals surface area (Å²) in [6.07, 6.45) is 0.693. The molecule has 0 unspecified atom stereocenters. The number of hydrogen-bond donors (Lipinski definition) is 2. The van der Waals surface area contributed by atoms with Crippen LogP contribution in [0.1, 0.15) is 29.9 Å². The third-order valence-corrected chi connectivity index (χ3v) is 3.08. The number of imide groups is 1. The summed E-state index contributed by atoms with van der Waals surface area (Å²) in [5.41, 5.74) is 1.21. The molecule has 0 aromatic carbocycles. The van der Waals surface area contributed by atoms with E-state index in [1.165, 1.54) is 4.90 Å². The first-order valence-corrected chi connectivity index (χ1v) is 6.90. The van der Waals surface area contributed by atoms with Crippen molar-refractivity contribution < 1.29 is 14.4 Å². The predicted octanol–water partition coefficient (Wildman–Crippen LogP) is 0.174. The molecule has 1 saturated heterocycles. The first-order chi connectivity index (χ1) is 10.0. The van der Waals surface area contributed by atoms with Crippen LogP contribution in [-0.2, 0) is 16.0 Å². The fourth-order valence-corrected chi connectivity index (χ4v) is 2.13. The van der Waals surface area contributed by atoms with Crippen LogP contribution in [0.15, 0.2) is 12.1 Å². The number of rotatable bonds is 4. The number of anilines is 1. The van der Waals surface area contributed by atoms with Crippen LogP contribution in [0.5, 0.6) is 0 Å². The number of hydrogen-bond acceptors (Lipinski definition) is 5. The third-order valence-electron chi connectivity index (χ3n) is 3.08. The Bertz CT molecular complexity index is 570. The van der Waals surface area contributed by atoms with Gasteiger partial charge in [0.2, 0.25) is 11.8 Å². The van der Waals surface area contributed by atoms with Gasteiger partial charge in [-0.15, -0.1) is 0 Å². The van der Waals surface area contributed by atoms with Gasteiger partial charge in [-0.3, -0.25) is 19.7 Å². The normalized spacial score (nSPS) is 14.9. The van der Waals surface area contributed by atoms with E-state index in [0.717, 1.165) is 5.69 Å². The summed E-state index contributed by atoms with van der Waals surface area (Å²) < 4.78 is 0. The summed E-state index contributed by atoms with van der Waals surface area (Å²) in [5.74, 6) is -0.644. The number of amides is 3. The summed E-state index contributed by atoms with van der Waals surface area (Å²) >= 11 is 0. The summed E-state index contributed by atoms with van der Waals surface area (Å²) in [6.45, 7) is 4.37. The Kier molecular flexibility index (Phi) is 4.52. The minimum atomic E-state index is -0.462. The van der Waals surface area contributed by atoms with Gasteiger partial charge in [0.25, 0.3) is 5.91 Å². The zero-order valence-electron chi connectivity index (χ0n) is 12.1. The molecule has 21 heavy (non-hydrogen) atoms. The maximum Gasteiger partial charge on any atom is 0.254 e. The molecule has 2 heterocycles. The quantitative estimate of drug-likeness (QED) is 0.772. The number of nitrogens with one attached hydrogen (secondary N) is 2. The molecule has 1 aromatic rings. The van der Waals surface area contributed by atoms with E-state index < -0.39 is 11.8 Å². The highest BCUT2D eigenvalue weighted by Gasteiger charge is 2.27. The molecule has 0 spiro atoms. The molecule has 1 aliphatic heterocycles. The Morgan fingerprint density at radius 3 is 2.52 bits per heavy atom. The topological polar surface area (TPSA) is 91.4 Å². The molecule has 7 heteroatoms. The second-order valence-electron chi connectivity index (χ2n) is 4.75. The molecular formula is C14H18N4O3. The Morgan fingerprint density at radius 1 is 1.29 bits per heavy atom. The number of aryl methyl sites for hydroxylation is 1. The van der Waals surface area contributed by atoms with Crippen LogP contribution < -0.4 is 10.6 Å². The molecule has 2 N–H and O–H groups in total. The standard InChI is InChI=1S/C14H18N4O3/c1-3-10-5-9(6-11(16-10)15-4-2)14(21)18-7-12(19)17-13(20)8-18/h5-6H,3-4,7-8H2,1-2H3,(H,15,16)(H,17,19,20). The Balaban J connectivity index is 2.27. The highest BCUT2D eigenvalue weighted by Crippen LogP contribution is 2.14. The summed E-state index contributed by atoms with van der Waals surface area (Å²) in [5, 5.41) is 5.24. The van der Waals surface area contributed by atoms with E-state index in [9.17, 15) is 14.4 Å². The fraction of sp³-hybridized carbons (Fsp3) is 0.429. The van der Waals surface area contributed by atoms with Crippen molar-refractivity contribution in [2.24, 2.45) is 0 Å². The van der Waals surface area contributed by atoms with Crippen LogP contribution in [-0.4, -0.2) is 47.2 Å². The second-order valence-corrected chi connectivity index (χ2v) is 4.75. The first-order valence-electron chi connectivity index (χ1n) is 6.90. The predicted molar refractivity (Wildman–Crippen MR) is 76.8 cm³/mol.